The van der Waals surface area contributed by atoms with Crippen molar-refractivity contribution in [2.45, 2.75) is 46.6 Å². The van der Waals surface area contributed by atoms with Gasteiger partial charge in [-0.1, -0.05) is 53.3 Å². The maximum Gasteiger partial charge on any atom is 0.0634 e. The standard InChI is InChI=1S/C22H41N3/c1-10-22(25(11-2)15-14-21(7)23-8)17-24(9)16-19(5)12-13-20(6)18(3)4/h10-11,14-15,18-20,22-23H,1-2,7,12-13,16-17H2,3-6,8-9H3/b15-14-. The van der Waals surface area contributed by atoms with Crippen LogP contribution in [0.25, 0.3) is 0 Å². The lowest BCUT2D eigenvalue weighted by atomic mass is 9.90. The Morgan fingerprint density at radius 1 is 1.08 bits per heavy atom. The van der Waals surface area contributed by atoms with Crippen molar-refractivity contribution in [3.63, 3.8) is 0 Å². The van der Waals surface area contributed by atoms with Gasteiger partial charge in [-0.2, -0.15) is 0 Å². The van der Waals surface area contributed by atoms with Gasteiger partial charge in [-0.05, 0) is 43.5 Å². The van der Waals surface area contributed by atoms with Gasteiger partial charge in [-0.15, -0.1) is 6.58 Å². The molecule has 3 unspecified atom stereocenters. The lowest BCUT2D eigenvalue weighted by molar-refractivity contribution is 0.227. The normalized spacial score (nSPS) is 15.2. The van der Waals surface area contributed by atoms with Crippen LogP contribution >= 0.6 is 0 Å². The van der Waals surface area contributed by atoms with Crippen molar-refractivity contribution in [2.24, 2.45) is 17.8 Å². The van der Waals surface area contributed by atoms with E-state index in [2.05, 4.69) is 69.6 Å². The van der Waals surface area contributed by atoms with Crippen LogP contribution in [0.5, 0.6) is 0 Å². The van der Waals surface area contributed by atoms with Gasteiger partial charge < -0.3 is 15.1 Å². The SMILES string of the molecule is C=CC(CN(C)CC(C)CCC(C)C(C)C)N(C=C)/C=C\C(=C)NC. The minimum absolute atomic E-state index is 0.199. The molecule has 0 spiro atoms. The molecular formula is C22H41N3. The van der Waals surface area contributed by atoms with Gasteiger partial charge >= 0.3 is 0 Å². The third-order valence-electron chi connectivity index (χ3n) is 5.01. The van der Waals surface area contributed by atoms with Crippen LogP contribution in [0, 0.1) is 17.8 Å². The van der Waals surface area contributed by atoms with Crippen molar-refractivity contribution >= 4 is 0 Å². The van der Waals surface area contributed by atoms with E-state index in [1.165, 1.54) is 12.8 Å². The minimum Gasteiger partial charge on any atom is -0.389 e. The maximum absolute atomic E-state index is 4.00. The zero-order valence-corrected chi connectivity index (χ0v) is 17.5. The average Bonchev–Trinajstić information content (AvgIpc) is 2.58. The fraction of sp³-hybridized carbons (Fsp3) is 0.636. The molecule has 0 bridgehead atoms. The Kier molecular flexibility index (Phi) is 12.1. The third kappa shape index (κ3) is 10.2. The van der Waals surface area contributed by atoms with E-state index in [0.29, 0.717) is 5.92 Å². The lowest BCUT2D eigenvalue weighted by Gasteiger charge is -2.30. The Hall–Kier alpha value is -1.48. The second kappa shape index (κ2) is 12.8. The fourth-order valence-electron chi connectivity index (χ4n) is 2.75. The molecule has 0 saturated heterocycles. The second-order valence-corrected chi connectivity index (χ2v) is 7.65. The van der Waals surface area contributed by atoms with Gasteiger partial charge in [0, 0.05) is 32.0 Å². The summed E-state index contributed by atoms with van der Waals surface area (Å²) < 4.78 is 0. The first kappa shape index (κ1) is 23.5. The number of hydrogen-bond donors (Lipinski definition) is 1. The summed E-state index contributed by atoms with van der Waals surface area (Å²) in [6, 6.07) is 0.199. The molecule has 0 heterocycles. The van der Waals surface area contributed by atoms with E-state index in [9.17, 15) is 0 Å². The summed E-state index contributed by atoms with van der Waals surface area (Å²) in [6.07, 6.45) is 10.4. The molecule has 0 aromatic carbocycles. The van der Waals surface area contributed by atoms with Crippen molar-refractivity contribution in [1.29, 1.82) is 0 Å². The van der Waals surface area contributed by atoms with Crippen molar-refractivity contribution in [1.82, 2.24) is 15.1 Å². The van der Waals surface area contributed by atoms with Crippen LogP contribution in [0.2, 0.25) is 0 Å². The van der Waals surface area contributed by atoms with Gasteiger partial charge in [-0.3, -0.25) is 0 Å². The van der Waals surface area contributed by atoms with Gasteiger partial charge in [0.25, 0.3) is 0 Å². The highest BCUT2D eigenvalue weighted by atomic mass is 15.2. The van der Waals surface area contributed by atoms with Gasteiger partial charge in [0.1, 0.15) is 0 Å². The van der Waals surface area contributed by atoms with Crippen molar-refractivity contribution < 1.29 is 0 Å². The highest BCUT2D eigenvalue weighted by molar-refractivity contribution is 5.13. The molecular weight excluding hydrogens is 306 g/mol. The summed E-state index contributed by atoms with van der Waals surface area (Å²) in [5.74, 6) is 2.28. The molecule has 0 radical (unpaired) electrons. The predicted molar refractivity (Wildman–Crippen MR) is 113 cm³/mol. The van der Waals surface area contributed by atoms with E-state index >= 15 is 0 Å². The summed E-state index contributed by atoms with van der Waals surface area (Å²) >= 11 is 0. The fourth-order valence-corrected chi connectivity index (χ4v) is 2.75. The summed E-state index contributed by atoms with van der Waals surface area (Å²) in [6.45, 7) is 23.2. The smallest absolute Gasteiger partial charge is 0.0634 e. The molecule has 144 valence electrons. The molecule has 0 aliphatic rings. The third-order valence-corrected chi connectivity index (χ3v) is 5.01. The Morgan fingerprint density at radius 2 is 1.72 bits per heavy atom. The molecule has 0 rings (SSSR count). The van der Waals surface area contributed by atoms with Crippen LogP contribution in [0.4, 0.5) is 0 Å². The first-order valence-electron chi connectivity index (χ1n) is 9.51. The van der Waals surface area contributed by atoms with E-state index in [1.807, 2.05) is 31.6 Å². The van der Waals surface area contributed by atoms with Gasteiger partial charge in [0.2, 0.25) is 0 Å². The number of nitrogens with zero attached hydrogens (tertiary/aromatic N) is 2. The molecule has 0 aliphatic carbocycles. The monoisotopic (exact) mass is 347 g/mol. The second-order valence-electron chi connectivity index (χ2n) is 7.65. The first-order valence-corrected chi connectivity index (χ1v) is 9.51. The zero-order valence-electron chi connectivity index (χ0n) is 17.5. The molecule has 0 aromatic rings. The zero-order chi connectivity index (χ0) is 19.4. The van der Waals surface area contributed by atoms with Gasteiger partial charge in [0.15, 0.2) is 0 Å². The van der Waals surface area contributed by atoms with E-state index < -0.39 is 0 Å². The van der Waals surface area contributed by atoms with Crippen molar-refractivity contribution in [3.8, 4) is 0 Å². The molecule has 0 aromatic heterocycles. The Bertz CT molecular complexity index is 425. The molecule has 0 amide bonds. The quantitative estimate of drug-likeness (QED) is 0.357. The topological polar surface area (TPSA) is 18.5 Å². The van der Waals surface area contributed by atoms with E-state index in [1.54, 1.807) is 0 Å². The van der Waals surface area contributed by atoms with E-state index in [4.69, 9.17) is 0 Å². The number of allylic oxidation sites excluding steroid dienone is 1. The molecule has 0 aliphatic heterocycles. The largest absolute Gasteiger partial charge is 0.389 e. The summed E-state index contributed by atoms with van der Waals surface area (Å²) in [5.41, 5.74) is 0.871. The highest BCUT2D eigenvalue weighted by Crippen LogP contribution is 2.20. The van der Waals surface area contributed by atoms with Crippen molar-refractivity contribution in [2.75, 3.05) is 27.2 Å². The molecule has 25 heavy (non-hydrogen) atoms. The predicted octanol–water partition coefficient (Wildman–Crippen LogP) is 4.87. The maximum atomic E-state index is 4.00. The molecule has 0 fully saturated rings. The van der Waals surface area contributed by atoms with Crippen LogP contribution in [0.15, 0.2) is 50.0 Å². The van der Waals surface area contributed by atoms with Gasteiger partial charge in [-0.25, -0.2) is 0 Å². The minimum atomic E-state index is 0.199. The Balaban J connectivity index is 4.53. The highest BCUT2D eigenvalue weighted by Gasteiger charge is 2.15. The summed E-state index contributed by atoms with van der Waals surface area (Å²) in [4.78, 5) is 4.48. The van der Waals surface area contributed by atoms with Crippen LogP contribution in [-0.4, -0.2) is 43.0 Å². The van der Waals surface area contributed by atoms with Crippen LogP contribution < -0.4 is 5.32 Å². The van der Waals surface area contributed by atoms with Crippen LogP contribution in [0.3, 0.4) is 0 Å². The summed E-state index contributed by atoms with van der Waals surface area (Å²) in [5, 5.41) is 3.02. The summed E-state index contributed by atoms with van der Waals surface area (Å²) in [7, 11) is 4.06. The van der Waals surface area contributed by atoms with E-state index in [-0.39, 0.29) is 6.04 Å². The van der Waals surface area contributed by atoms with Crippen LogP contribution in [0.1, 0.15) is 40.5 Å². The lowest BCUT2D eigenvalue weighted by Crippen LogP contribution is -2.38. The molecule has 3 heteroatoms. The number of rotatable bonds is 14. The van der Waals surface area contributed by atoms with Gasteiger partial charge in [0.05, 0.1) is 6.04 Å². The molecule has 0 saturated carbocycles. The molecule has 3 atom stereocenters. The van der Waals surface area contributed by atoms with E-state index in [0.717, 1.165) is 30.6 Å². The number of nitrogens with one attached hydrogen (secondary N) is 1. The number of likely N-dealkylation sites (N-methyl/N-ethyl adjacent to an activating group) is 2. The molecule has 3 nitrogen and oxygen atoms in total. The Morgan fingerprint density at radius 3 is 2.20 bits per heavy atom. The first-order chi connectivity index (χ1) is 11.7. The van der Waals surface area contributed by atoms with Crippen molar-refractivity contribution in [3.05, 3.63) is 50.0 Å². The molecule has 1 N–H and O–H groups in total. The average molecular weight is 348 g/mol. The Labute approximate surface area is 157 Å². The number of hydrogen-bond acceptors (Lipinski definition) is 3. The van der Waals surface area contributed by atoms with Crippen LogP contribution in [-0.2, 0) is 0 Å².